The monoisotopic (exact) mass is 361 g/mol. The van der Waals surface area contributed by atoms with Crippen LogP contribution in [-0.2, 0) is 16.4 Å². The second-order valence-corrected chi connectivity index (χ2v) is 7.49. The van der Waals surface area contributed by atoms with Gasteiger partial charge in [0.25, 0.3) is 15.9 Å². The molecular weight excluding hydrogens is 342 g/mol. The Balaban J connectivity index is 1.81. The summed E-state index contributed by atoms with van der Waals surface area (Å²) in [6, 6.07) is 10.0. The number of furan rings is 1. The lowest BCUT2D eigenvalue weighted by molar-refractivity contribution is 0.429. The van der Waals surface area contributed by atoms with Gasteiger partial charge in [0.1, 0.15) is 0 Å². The molecule has 3 rings (SSSR count). The van der Waals surface area contributed by atoms with Crippen LogP contribution in [0.4, 0.5) is 5.69 Å². The summed E-state index contributed by atoms with van der Waals surface area (Å²) in [5.74, 6) is 0.899. The van der Waals surface area contributed by atoms with Crippen molar-refractivity contribution in [2.75, 3.05) is 4.72 Å². The first kappa shape index (κ1) is 17.2. The van der Waals surface area contributed by atoms with Gasteiger partial charge in [0.15, 0.2) is 5.76 Å². The van der Waals surface area contributed by atoms with E-state index in [0.29, 0.717) is 11.6 Å². The Kier molecular flexibility index (Phi) is 4.63. The molecule has 1 aromatic carbocycles. The fraction of sp³-hybridized carbons (Fsp3) is 0.294. The lowest BCUT2D eigenvalue weighted by Gasteiger charge is -2.06. The van der Waals surface area contributed by atoms with Gasteiger partial charge in [0.2, 0.25) is 11.0 Å². The summed E-state index contributed by atoms with van der Waals surface area (Å²) in [7, 11) is -3.84. The van der Waals surface area contributed by atoms with Crippen molar-refractivity contribution in [2.45, 2.75) is 38.2 Å². The maximum atomic E-state index is 12.4. The van der Waals surface area contributed by atoms with Crippen molar-refractivity contribution < 1.29 is 17.3 Å². The normalized spacial score (nSPS) is 11.8. The van der Waals surface area contributed by atoms with E-state index in [1.165, 1.54) is 12.1 Å². The molecule has 1 N–H and O–H groups in total. The molecule has 0 unspecified atom stereocenters. The number of rotatable bonds is 6. The first-order valence-corrected chi connectivity index (χ1v) is 9.42. The van der Waals surface area contributed by atoms with Gasteiger partial charge in [0, 0.05) is 11.6 Å². The Bertz CT molecular complexity index is 956. The van der Waals surface area contributed by atoms with Crippen LogP contribution in [0, 0.1) is 0 Å². The third-order valence-corrected chi connectivity index (χ3v) is 4.86. The SMILES string of the molecule is CCc1ccc(NS(=O)(=O)c2ccc(-c3nnc(C(C)C)o3)o2)cc1. The molecule has 0 atom stereocenters. The van der Waals surface area contributed by atoms with Crippen LogP contribution in [0.15, 0.2) is 50.3 Å². The minimum Gasteiger partial charge on any atom is -0.438 e. The highest BCUT2D eigenvalue weighted by Crippen LogP contribution is 2.26. The molecule has 7 nitrogen and oxygen atoms in total. The number of hydrogen-bond donors (Lipinski definition) is 1. The topological polar surface area (TPSA) is 98.2 Å². The summed E-state index contributed by atoms with van der Waals surface area (Å²) in [4.78, 5) is 0. The average Bonchev–Trinajstić information content (AvgIpc) is 3.24. The Morgan fingerprint density at radius 1 is 1.04 bits per heavy atom. The van der Waals surface area contributed by atoms with Gasteiger partial charge in [0.05, 0.1) is 0 Å². The summed E-state index contributed by atoms with van der Waals surface area (Å²) < 4.78 is 38.2. The van der Waals surface area contributed by atoms with E-state index in [1.807, 2.05) is 32.9 Å². The second-order valence-electron chi connectivity index (χ2n) is 5.87. The van der Waals surface area contributed by atoms with Gasteiger partial charge >= 0.3 is 0 Å². The molecule has 2 aromatic heterocycles. The molecule has 0 amide bonds. The van der Waals surface area contributed by atoms with Crippen LogP contribution in [0.25, 0.3) is 11.7 Å². The van der Waals surface area contributed by atoms with Crippen LogP contribution in [0.1, 0.15) is 38.1 Å². The van der Waals surface area contributed by atoms with E-state index in [1.54, 1.807) is 12.1 Å². The lowest BCUT2D eigenvalue weighted by atomic mass is 10.2. The van der Waals surface area contributed by atoms with Crippen LogP contribution in [0.5, 0.6) is 0 Å². The molecule has 0 aliphatic heterocycles. The van der Waals surface area contributed by atoms with Gasteiger partial charge in [-0.3, -0.25) is 4.72 Å². The van der Waals surface area contributed by atoms with Crippen LogP contribution >= 0.6 is 0 Å². The molecule has 0 saturated carbocycles. The van der Waals surface area contributed by atoms with E-state index < -0.39 is 10.0 Å². The van der Waals surface area contributed by atoms with Gasteiger partial charge in [-0.05, 0) is 36.2 Å². The maximum Gasteiger partial charge on any atom is 0.295 e. The summed E-state index contributed by atoms with van der Waals surface area (Å²) in [5.41, 5.74) is 1.59. The highest BCUT2D eigenvalue weighted by atomic mass is 32.2. The largest absolute Gasteiger partial charge is 0.438 e. The molecule has 0 aliphatic carbocycles. The number of sulfonamides is 1. The van der Waals surface area contributed by atoms with Crippen molar-refractivity contribution in [2.24, 2.45) is 0 Å². The average molecular weight is 361 g/mol. The van der Waals surface area contributed by atoms with E-state index in [9.17, 15) is 8.42 Å². The fourth-order valence-corrected chi connectivity index (χ4v) is 3.15. The van der Waals surface area contributed by atoms with E-state index in [0.717, 1.165) is 12.0 Å². The molecule has 25 heavy (non-hydrogen) atoms. The van der Waals surface area contributed by atoms with Gasteiger partial charge in [-0.15, -0.1) is 10.2 Å². The lowest BCUT2D eigenvalue weighted by Crippen LogP contribution is -2.12. The van der Waals surface area contributed by atoms with E-state index in [4.69, 9.17) is 8.83 Å². The molecule has 0 aliphatic rings. The number of aryl methyl sites for hydroxylation is 1. The van der Waals surface area contributed by atoms with E-state index >= 15 is 0 Å². The third kappa shape index (κ3) is 3.74. The zero-order valence-corrected chi connectivity index (χ0v) is 15.0. The number of aromatic nitrogens is 2. The first-order chi connectivity index (χ1) is 11.9. The first-order valence-electron chi connectivity index (χ1n) is 7.94. The molecule has 8 heteroatoms. The van der Waals surface area contributed by atoms with Crippen LogP contribution in [-0.4, -0.2) is 18.6 Å². The Hall–Kier alpha value is -2.61. The molecule has 0 radical (unpaired) electrons. The Morgan fingerprint density at radius 2 is 1.76 bits per heavy atom. The summed E-state index contributed by atoms with van der Waals surface area (Å²) >= 11 is 0. The Morgan fingerprint density at radius 3 is 2.36 bits per heavy atom. The molecule has 0 spiro atoms. The predicted molar refractivity (Wildman–Crippen MR) is 92.7 cm³/mol. The zero-order valence-electron chi connectivity index (χ0n) is 14.2. The minimum absolute atomic E-state index is 0.0761. The standard InChI is InChI=1S/C17H19N3O4S/c1-4-12-5-7-13(8-6-12)20-25(21,22)15-10-9-14(23-15)17-19-18-16(24-17)11(2)3/h5-11,20H,4H2,1-3H3. The van der Waals surface area contributed by atoms with Crippen molar-refractivity contribution in [3.05, 3.63) is 47.9 Å². The van der Waals surface area contributed by atoms with Crippen LogP contribution < -0.4 is 4.72 Å². The van der Waals surface area contributed by atoms with E-state index in [-0.39, 0.29) is 22.7 Å². The van der Waals surface area contributed by atoms with E-state index in [2.05, 4.69) is 14.9 Å². The molecule has 0 bridgehead atoms. The maximum absolute atomic E-state index is 12.4. The third-order valence-electron chi connectivity index (χ3n) is 3.61. The summed E-state index contributed by atoms with van der Waals surface area (Å²) in [6.45, 7) is 5.87. The molecule has 0 fully saturated rings. The van der Waals surface area contributed by atoms with Gasteiger partial charge in [-0.1, -0.05) is 32.9 Å². The van der Waals surface area contributed by atoms with Crippen molar-refractivity contribution in [3.63, 3.8) is 0 Å². The van der Waals surface area contributed by atoms with Crippen molar-refractivity contribution >= 4 is 15.7 Å². The molecule has 2 heterocycles. The second kappa shape index (κ2) is 6.72. The highest BCUT2D eigenvalue weighted by molar-refractivity contribution is 7.92. The molecular formula is C17H19N3O4S. The van der Waals surface area contributed by atoms with Crippen LogP contribution in [0.3, 0.4) is 0 Å². The molecule has 3 aromatic rings. The highest BCUT2D eigenvalue weighted by Gasteiger charge is 2.22. The number of nitrogens with zero attached hydrogens (tertiary/aromatic N) is 2. The van der Waals surface area contributed by atoms with Crippen molar-refractivity contribution in [3.8, 4) is 11.7 Å². The Labute approximate surface area is 146 Å². The minimum atomic E-state index is -3.84. The number of nitrogens with one attached hydrogen (secondary N) is 1. The van der Waals surface area contributed by atoms with Gasteiger partial charge in [-0.2, -0.15) is 8.42 Å². The van der Waals surface area contributed by atoms with Gasteiger partial charge < -0.3 is 8.83 Å². The number of anilines is 1. The van der Waals surface area contributed by atoms with Crippen molar-refractivity contribution in [1.82, 2.24) is 10.2 Å². The quantitative estimate of drug-likeness (QED) is 0.717. The summed E-state index contributed by atoms with van der Waals surface area (Å²) in [5, 5.41) is 7.57. The van der Waals surface area contributed by atoms with Gasteiger partial charge in [-0.25, -0.2) is 0 Å². The summed E-state index contributed by atoms with van der Waals surface area (Å²) in [6.07, 6.45) is 0.886. The molecule has 132 valence electrons. The fourth-order valence-electron chi connectivity index (χ4n) is 2.16. The smallest absolute Gasteiger partial charge is 0.295 e. The van der Waals surface area contributed by atoms with Crippen molar-refractivity contribution in [1.29, 1.82) is 0 Å². The number of hydrogen-bond acceptors (Lipinski definition) is 6. The number of benzene rings is 1. The van der Waals surface area contributed by atoms with Crippen LogP contribution in [0.2, 0.25) is 0 Å². The predicted octanol–water partition coefficient (Wildman–Crippen LogP) is 3.82. The molecule has 0 saturated heterocycles. The zero-order chi connectivity index (χ0) is 18.0.